The number of nitrogens with zero attached hydrogens (tertiary/aromatic N) is 3. The highest BCUT2D eigenvalue weighted by Gasteiger charge is 2.08. The van der Waals surface area contributed by atoms with Crippen molar-refractivity contribution < 1.29 is 4.79 Å². The SMILES string of the molecule is CC(C#N)CN(C)CCC(=O)Nc1ccc(C#N)cc1. The second-order valence-corrected chi connectivity index (χ2v) is 4.78. The van der Waals surface area contributed by atoms with Gasteiger partial charge in [0.25, 0.3) is 0 Å². The third kappa shape index (κ3) is 5.51. The number of carbonyl (C=O) groups is 1. The van der Waals surface area contributed by atoms with Gasteiger partial charge in [-0.25, -0.2) is 0 Å². The zero-order chi connectivity index (χ0) is 15.0. The lowest BCUT2D eigenvalue weighted by Gasteiger charge is -2.17. The second-order valence-electron chi connectivity index (χ2n) is 4.78. The monoisotopic (exact) mass is 270 g/mol. The number of anilines is 1. The molecule has 1 amide bonds. The third-order valence-electron chi connectivity index (χ3n) is 2.82. The molecule has 0 aliphatic heterocycles. The van der Waals surface area contributed by atoms with Crippen molar-refractivity contribution in [3.8, 4) is 12.1 Å². The van der Waals surface area contributed by atoms with Crippen LogP contribution in [0.5, 0.6) is 0 Å². The van der Waals surface area contributed by atoms with Crippen LogP contribution in [0.15, 0.2) is 24.3 Å². The molecular formula is C15H18N4O. The Hall–Kier alpha value is -2.37. The maximum Gasteiger partial charge on any atom is 0.225 e. The molecular weight excluding hydrogens is 252 g/mol. The number of amides is 1. The van der Waals surface area contributed by atoms with E-state index in [-0.39, 0.29) is 11.8 Å². The molecule has 5 nitrogen and oxygen atoms in total. The van der Waals surface area contributed by atoms with Gasteiger partial charge in [0.1, 0.15) is 0 Å². The molecule has 0 aliphatic carbocycles. The second kappa shape index (κ2) is 7.93. The largest absolute Gasteiger partial charge is 0.326 e. The summed E-state index contributed by atoms with van der Waals surface area (Å²) in [5.41, 5.74) is 1.25. The van der Waals surface area contributed by atoms with Gasteiger partial charge in [0.05, 0.1) is 23.6 Å². The minimum absolute atomic E-state index is 0.0402. The standard InChI is InChI=1S/C15H18N4O/c1-12(9-16)11-19(2)8-7-15(20)18-14-5-3-13(10-17)4-6-14/h3-6,12H,7-8,11H2,1-2H3,(H,18,20). The third-order valence-corrected chi connectivity index (χ3v) is 2.82. The van der Waals surface area contributed by atoms with E-state index in [4.69, 9.17) is 10.5 Å². The molecule has 0 fully saturated rings. The number of hydrogen-bond acceptors (Lipinski definition) is 4. The molecule has 0 aromatic heterocycles. The van der Waals surface area contributed by atoms with Crippen molar-refractivity contribution in [3.63, 3.8) is 0 Å². The molecule has 104 valence electrons. The Labute approximate surface area is 119 Å². The van der Waals surface area contributed by atoms with Gasteiger partial charge >= 0.3 is 0 Å². The summed E-state index contributed by atoms with van der Waals surface area (Å²) in [6.45, 7) is 3.11. The van der Waals surface area contributed by atoms with Gasteiger partial charge in [-0.15, -0.1) is 0 Å². The zero-order valence-corrected chi connectivity index (χ0v) is 11.8. The number of nitriles is 2. The van der Waals surface area contributed by atoms with Gasteiger partial charge in [-0.05, 0) is 38.2 Å². The average molecular weight is 270 g/mol. The van der Waals surface area contributed by atoms with Crippen LogP contribution in [0.3, 0.4) is 0 Å². The Morgan fingerprint density at radius 2 is 2.00 bits per heavy atom. The van der Waals surface area contributed by atoms with Gasteiger partial charge < -0.3 is 10.2 Å². The fourth-order valence-corrected chi connectivity index (χ4v) is 1.74. The molecule has 1 rings (SSSR count). The Morgan fingerprint density at radius 3 is 2.55 bits per heavy atom. The van der Waals surface area contributed by atoms with E-state index in [1.807, 2.05) is 24.9 Å². The quantitative estimate of drug-likeness (QED) is 0.857. The zero-order valence-electron chi connectivity index (χ0n) is 11.8. The van der Waals surface area contributed by atoms with Crippen LogP contribution in [0, 0.1) is 28.6 Å². The molecule has 0 saturated carbocycles. The molecule has 0 aliphatic rings. The highest BCUT2D eigenvalue weighted by molar-refractivity contribution is 5.90. The summed E-state index contributed by atoms with van der Waals surface area (Å²) in [6, 6.07) is 10.9. The van der Waals surface area contributed by atoms with Crippen molar-refractivity contribution in [3.05, 3.63) is 29.8 Å². The number of carbonyl (C=O) groups excluding carboxylic acids is 1. The van der Waals surface area contributed by atoms with Crippen LogP contribution in [0.25, 0.3) is 0 Å². The molecule has 0 radical (unpaired) electrons. The first-order chi connectivity index (χ1) is 9.55. The Kier molecular flexibility index (Phi) is 6.22. The van der Waals surface area contributed by atoms with Crippen LogP contribution in [0.2, 0.25) is 0 Å². The van der Waals surface area contributed by atoms with Crippen LogP contribution >= 0.6 is 0 Å². The van der Waals surface area contributed by atoms with Crippen LogP contribution in [0.1, 0.15) is 18.9 Å². The number of rotatable bonds is 6. The molecule has 0 spiro atoms. The molecule has 5 heteroatoms. The molecule has 1 aromatic rings. The van der Waals surface area contributed by atoms with Gasteiger partial charge in [-0.2, -0.15) is 10.5 Å². The van der Waals surface area contributed by atoms with Crippen molar-refractivity contribution in [1.29, 1.82) is 10.5 Å². The van der Waals surface area contributed by atoms with Crippen LogP contribution in [0.4, 0.5) is 5.69 Å². The van der Waals surface area contributed by atoms with E-state index < -0.39 is 0 Å². The van der Waals surface area contributed by atoms with Crippen molar-refractivity contribution in [2.75, 3.05) is 25.5 Å². The van der Waals surface area contributed by atoms with E-state index in [9.17, 15) is 4.79 Å². The fourth-order valence-electron chi connectivity index (χ4n) is 1.74. The average Bonchev–Trinajstić information content (AvgIpc) is 2.45. The topological polar surface area (TPSA) is 79.9 Å². The summed E-state index contributed by atoms with van der Waals surface area (Å²) in [6.07, 6.45) is 0.370. The smallest absolute Gasteiger partial charge is 0.225 e. The molecule has 0 saturated heterocycles. The van der Waals surface area contributed by atoms with Crippen molar-refractivity contribution >= 4 is 11.6 Å². The summed E-state index contributed by atoms with van der Waals surface area (Å²) in [5.74, 6) is -0.118. The molecule has 0 heterocycles. The van der Waals surface area contributed by atoms with E-state index in [1.165, 1.54) is 0 Å². The Balaban J connectivity index is 2.36. The van der Waals surface area contributed by atoms with E-state index in [2.05, 4.69) is 11.4 Å². The van der Waals surface area contributed by atoms with Crippen molar-refractivity contribution in [2.45, 2.75) is 13.3 Å². The summed E-state index contributed by atoms with van der Waals surface area (Å²) in [4.78, 5) is 13.7. The van der Waals surface area contributed by atoms with Crippen LogP contribution < -0.4 is 5.32 Å². The van der Waals surface area contributed by atoms with Crippen LogP contribution in [-0.4, -0.2) is 30.9 Å². The maximum absolute atomic E-state index is 11.8. The molecule has 0 bridgehead atoms. The highest BCUT2D eigenvalue weighted by atomic mass is 16.1. The highest BCUT2D eigenvalue weighted by Crippen LogP contribution is 2.09. The molecule has 1 N–H and O–H groups in total. The first-order valence-corrected chi connectivity index (χ1v) is 6.43. The molecule has 20 heavy (non-hydrogen) atoms. The molecule has 1 unspecified atom stereocenters. The minimum Gasteiger partial charge on any atom is -0.326 e. The summed E-state index contributed by atoms with van der Waals surface area (Å²) >= 11 is 0. The maximum atomic E-state index is 11.8. The lowest BCUT2D eigenvalue weighted by Crippen LogP contribution is -2.27. The van der Waals surface area contributed by atoms with Crippen molar-refractivity contribution in [2.24, 2.45) is 5.92 Å². The summed E-state index contributed by atoms with van der Waals surface area (Å²) in [5, 5.41) is 20.2. The molecule has 1 aromatic carbocycles. The normalized spacial score (nSPS) is 11.4. The lowest BCUT2D eigenvalue weighted by molar-refractivity contribution is -0.116. The van der Waals surface area contributed by atoms with Gasteiger partial charge in [-0.3, -0.25) is 4.79 Å². The van der Waals surface area contributed by atoms with Crippen molar-refractivity contribution in [1.82, 2.24) is 4.90 Å². The predicted octanol–water partition coefficient (Wildman–Crippen LogP) is 1.98. The lowest BCUT2D eigenvalue weighted by atomic mass is 10.2. The van der Waals surface area contributed by atoms with E-state index in [0.717, 1.165) is 0 Å². The Bertz CT molecular complexity index is 524. The van der Waals surface area contributed by atoms with Gasteiger partial charge in [0.2, 0.25) is 5.91 Å². The first kappa shape index (κ1) is 15.7. The summed E-state index contributed by atoms with van der Waals surface area (Å²) < 4.78 is 0. The van der Waals surface area contributed by atoms with E-state index in [1.54, 1.807) is 24.3 Å². The van der Waals surface area contributed by atoms with E-state index in [0.29, 0.717) is 30.8 Å². The Morgan fingerprint density at radius 1 is 1.35 bits per heavy atom. The summed E-state index contributed by atoms with van der Waals surface area (Å²) in [7, 11) is 1.89. The number of hydrogen-bond donors (Lipinski definition) is 1. The van der Waals surface area contributed by atoms with Gasteiger partial charge in [0.15, 0.2) is 0 Å². The predicted molar refractivity (Wildman–Crippen MR) is 76.7 cm³/mol. The number of nitrogens with one attached hydrogen (secondary N) is 1. The fraction of sp³-hybridized carbons (Fsp3) is 0.400. The van der Waals surface area contributed by atoms with Gasteiger partial charge in [0, 0.05) is 25.2 Å². The number of benzene rings is 1. The minimum atomic E-state index is -0.0776. The van der Waals surface area contributed by atoms with E-state index >= 15 is 0 Å². The first-order valence-electron chi connectivity index (χ1n) is 6.43. The van der Waals surface area contributed by atoms with Crippen LogP contribution in [-0.2, 0) is 4.79 Å². The molecule has 1 atom stereocenters. The van der Waals surface area contributed by atoms with Gasteiger partial charge in [-0.1, -0.05) is 0 Å².